The van der Waals surface area contributed by atoms with Crippen LogP contribution in [0.5, 0.6) is 0 Å². The van der Waals surface area contributed by atoms with E-state index in [0.29, 0.717) is 0 Å². The summed E-state index contributed by atoms with van der Waals surface area (Å²) in [6.07, 6.45) is 0. The molecule has 0 saturated carbocycles. The minimum absolute atomic E-state index is 0. The maximum Gasteiger partial charge on any atom is 0.0423 e. The van der Waals surface area contributed by atoms with Crippen LogP contribution in [-0.2, 0) is 5.41 Å². The first-order chi connectivity index (χ1) is 11.0. The maximum atomic E-state index is 2.33. The highest BCUT2D eigenvalue weighted by Crippen LogP contribution is 2.39. The van der Waals surface area contributed by atoms with Gasteiger partial charge in [0.1, 0.15) is 0 Å². The quantitative estimate of drug-likeness (QED) is 0.477. The lowest BCUT2D eigenvalue weighted by molar-refractivity contribution is 0.691. The van der Waals surface area contributed by atoms with E-state index in [9.17, 15) is 0 Å². The molecule has 0 heteroatoms. The van der Waals surface area contributed by atoms with Crippen LogP contribution in [0.2, 0.25) is 0 Å². The standard InChI is InChI=1S/C23H24.CH4/c1-17-5-11-20(12-6-17)23(4,21-13-7-18(2)8-14-21)22-15-9-19(3)10-16-22;/h5-16H,1-4H3;1H4. The highest BCUT2D eigenvalue weighted by molar-refractivity contribution is 5.50. The van der Waals surface area contributed by atoms with E-state index in [-0.39, 0.29) is 12.8 Å². The van der Waals surface area contributed by atoms with Crippen molar-refractivity contribution >= 4 is 0 Å². The summed E-state index contributed by atoms with van der Waals surface area (Å²) in [7, 11) is 0. The molecule has 0 nitrogen and oxygen atoms in total. The second-order valence-electron chi connectivity index (χ2n) is 6.72. The first kappa shape index (κ1) is 18.0. The summed E-state index contributed by atoms with van der Waals surface area (Å²) in [4.78, 5) is 0. The SMILES string of the molecule is C.Cc1ccc(C(C)(c2ccc(C)cc2)c2ccc(C)cc2)cc1. The summed E-state index contributed by atoms with van der Waals surface area (Å²) in [6.45, 7) is 8.74. The van der Waals surface area contributed by atoms with Crippen molar-refractivity contribution in [2.45, 2.75) is 40.5 Å². The molecule has 124 valence electrons. The van der Waals surface area contributed by atoms with Crippen LogP contribution in [0.15, 0.2) is 72.8 Å². The topological polar surface area (TPSA) is 0 Å². The summed E-state index contributed by atoms with van der Waals surface area (Å²) in [5, 5.41) is 0. The summed E-state index contributed by atoms with van der Waals surface area (Å²) in [6, 6.07) is 26.8. The fourth-order valence-corrected chi connectivity index (χ4v) is 3.16. The molecular weight excluding hydrogens is 288 g/mol. The van der Waals surface area contributed by atoms with Crippen molar-refractivity contribution in [1.29, 1.82) is 0 Å². The fraction of sp³-hybridized carbons (Fsp3) is 0.250. The maximum absolute atomic E-state index is 2.33. The zero-order valence-electron chi connectivity index (χ0n) is 14.4. The van der Waals surface area contributed by atoms with Gasteiger partial charge in [0.25, 0.3) is 0 Å². The molecule has 24 heavy (non-hydrogen) atoms. The Labute approximate surface area is 147 Å². The van der Waals surface area contributed by atoms with Crippen LogP contribution in [0.3, 0.4) is 0 Å². The van der Waals surface area contributed by atoms with E-state index in [2.05, 4.69) is 100 Å². The van der Waals surface area contributed by atoms with Gasteiger partial charge in [-0.1, -0.05) is 96.9 Å². The molecule has 0 spiro atoms. The lowest BCUT2D eigenvalue weighted by Crippen LogP contribution is -2.25. The lowest BCUT2D eigenvalue weighted by atomic mass is 9.71. The van der Waals surface area contributed by atoms with Gasteiger partial charge in [0.05, 0.1) is 0 Å². The highest BCUT2D eigenvalue weighted by Gasteiger charge is 2.30. The average Bonchev–Trinajstić information content (AvgIpc) is 2.56. The van der Waals surface area contributed by atoms with E-state index in [1.807, 2.05) is 0 Å². The first-order valence-electron chi connectivity index (χ1n) is 8.21. The monoisotopic (exact) mass is 316 g/mol. The van der Waals surface area contributed by atoms with E-state index in [4.69, 9.17) is 0 Å². The van der Waals surface area contributed by atoms with Gasteiger partial charge in [0, 0.05) is 5.41 Å². The molecule has 0 atom stereocenters. The van der Waals surface area contributed by atoms with Crippen molar-refractivity contribution < 1.29 is 0 Å². The van der Waals surface area contributed by atoms with E-state index in [1.165, 1.54) is 33.4 Å². The molecule has 3 rings (SSSR count). The molecule has 0 amide bonds. The first-order valence-corrected chi connectivity index (χ1v) is 8.21. The van der Waals surface area contributed by atoms with Crippen LogP contribution in [-0.4, -0.2) is 0 Å². The molecule has 0 aromatic heterocycles. The highest BCUT2D eigenvalue weighted by atomic mass is 14.3. The van der Waals surface area contributed by atoms with Crippen LogP contribution in [0.25, 0.3) is 0 Å². The van der Waals surface area contributed by atoms with Gasteiger partial charge in [0.2, 0.25) is 0 Å². The van der Waals surface area contributed by atoms with Gasteiger partial charge in [-0.3, -0.25) is 0 Å². The van der Waals surface area contributed by atoms with Gasteiger partial charge < -0.3 is 0 Å². The molecule has 3 aromatic carbocycles. The molecule has 0 aliphatic rings. The molecule has 0 unspecified atom stereocenters. The predicted molar refractivity (Wildman–Crippen MR) is 106 cm³/mol. The molecule has 0 heterocycles. The zero-order valence-corrected chi connectivity index (χ0v) is 14.4. The molecular formula is C24H28. The Morgan fingerprint density at radius 2 is 0.667 bits per heavy atom. The third-order valence-electron chi connectivity index (χ3n) is 4.89. The third kappa shape index (κ3) is 3.28. The van der Waals surface area contributed by atoms with Gasteiger partial charge in [-0.25, -0.2) is 0 Å². The molecule has 0 fully saturated rings. The van der Waals surface area contributed by atoms with Crippen LogP contribution in [0.4, 0.5) is 0 Å². The van der Waals surface area contributed by atoms with Crippen LogP contribution < -0.4 is 0 Å². The van der Waals surface area contributed by atoms with Crippen molar-refractivity contribution in [2.24, 2.45) is 0 Å². The predicted octanol–water partition coefficient (Wildman–Crippen LogP) is 6.60. The van der Waals surface area contributed by atoms with Gasteiger partial charge in [-0.2, -0.15) is 0 Å². The number of rotatable bonds is 3. The van der Waals surface area contributed by atoms with Crippen molar-refractivity contribution in [1.82, 2.24) is 0 Å². The summed E-state index contributed by atoms with van der Waals surface area (Å²) in [5.74, 6) is 0. The van der Waals surface area contributed by atoms with Crippen molar-refractivity contribution in [3.05, 3.63) is 106 Å². The second-order valence-corrected chi connectivity index (χ2v) is 6.72. The van der Waals surface area contributed by atoms with Crippen LogP contribution in [0, 0.1) is 20.8 Å². The molecule has 0 bridgehead atoms. The van der Waals surface area contributed by atoms with Crippen molar-refractivity contribution in [3.63, 3.8) is 0 Å². The summed E-state index contributed by atoms with van der Waals surface area (Å²) in [5.41, 5.74) is 7.73. The zero-order chi connectivity index (χ0) is 16.4. The fourth-order valence-electron chi connectivity index (χ4n) is 3.16. The normalized spacial score (nSPS) is 11.0. The Morgan fingerprint density at radius 3 is 0.875 bits per heavy atom. The molecule has 0 aliphatic heterocycles. The second kappa shape index (κ2) is 7.05. The van der Waals surface area contributed by atoms with Gasteiger partial charge in [-0.05, 0) is 44.4 Å². The lowest BCUT2D eigenvalue weighted by Gasteiger charge is -2.32. The van der Waals surface area contributed by atoms with Crippen molar-refractivity contribution in [2.75, 3.05) is 0 Å². The van der Waals surface area contributed by atoms with Gasteiger partial charge >= 0.3 is 0 Å². The van der Waals surface area contributed by atoms with Crippen molar-refractivity contribution in [3.8, 4) is 0 Å². The number of hydrogen-bond acceptors (Lipinski definition) is 0. The van der Waals surface area contributed by atoms with E-state index >= 15 is 0 Å². The third-order valence-corrected chi connectivity index (χ3v) is 4.89. The van der Waals surface area contributed by atoms with E-state index in [0.717, 1.165) is 0 Å². The van der Waals surface area contributed by atoms with E-state index < -0.39 is 0 Å². The Kier molecular flexibility index (Phi) is 5.29. The van der Waals surface area contributed by atoms with Crippen LogP contribution >= 0.6 is 0 Å². The van der Waals surface area contributed by atoms with E-state index in [1.54, 1.807) is 0 Å². The minimum atomic E-state index is -0.144. The Balaban J connectivity index is 0.00000208. The molecule has 3 aromatic rings. The average molecular weight is 316 g/mol. The molecule has 0 saturated heterocycles. The van der Waals surface area contributed by atoms with Gasteiger partial charge in [-0.15, -0.1) is 0 Å². The molecule has 0 N–H and O–H groups in total. The number of benzene rings is 3. The number of aryl methyl sites for hydroxylation is 3. The smallest absolute Gasteiger partial charge is 0.0423 e. The molecule has 0 aliphatic carbocycles. The Morgan fingerprint density at radius 1 is 0.458 bits per heavy atom. The summed E-state index contributed by atoms with van der Waals surface area (Å²) < 4.78 is 0. The molecule has 0 radical (unpaired) electrons. The van der Waals surface area contributed by atoms with Crippen LogP contribution in [0.1, 0.15) is 47.7 Å². The van der Waals surface area contributed by atoms with Gasteiger partial charge in [0.15, 0.2) is 0 Å². The minimum Gasteiger partial charge on any atom is -0.0776 e. The Hall–Kier alpha value is -2.34. The number of hydrogen-bond donors (Lipinski definition) is 0. The largest absolute Gasteiger partial charge is 0.0776 e. The Bertz CT molecular complexity index is 664. The summed E-state index contributed by atoms with van der Waals surface area (Å²) >= 11 is 0.